The van der Waals surface area contributed by atoms with E-state index in [1.54, 1.807) is 35.7 Å². The standard InChI is InChI=1S/C23H22N6O4S/c1-27(12-6-9-18-14-19(26-33-18)16-7-4-3-5-8-16)22(30)17-10-11-21(20(13-17)29(31)32)34-23-25-24-15-28(23)2/h3-5,7-8,10-11,13-15H,6,9,12H2,1-2H3. The number of hydrogen-bond acceptors (Lipinski definition) is 8. The topological polar surface area (TPSA) is 120 Å². The number of benzene rings is 2. The van der Waals surface area contributed by atoms with Gasteiger partial charge in [-0.2, -0.15) is 0 Å². The van der Waals surface area contributed by atoms with Gasteiger partial charge in [0.15, 0.2) is 5.16 Å². The van der Waals surface area contributed by atoms with Crippen LogP contribution in [0.2, 0.25) is 0 Å². The van der Waals surface area contributed by atoms with Crippen LogP contribution in [0.3, 0.4) is 0 Å². The zero-order valence-electron chi connectivity index (χ0n) is 18.6. The monoisotopic (exact) mass is 478 g/mol. The second-order valence-corrected chi connectivity index (χ2v) is 8.65. The molecular weight excluding hydrogens is 456 g/mol. The van der Waals surface area contributed by atoms with Crippen LogP contribution in [0.5, 0.6) is 0 Å². The second-order valence-electron chi connectivity index (χ2n) is 7.64. The van der Waals surface area contributed by atoms with Crippen LogP contribution in [-0.4, -0.2) is 49.2 Å². The van der Waals surface area contributed by atoms with Crippen LogP contribution in [0.1, 0.15) is 22.5 Å². The number of hydrogen-bond donors (Lipinski definition) is 0. The Hall–Kier alpha value is -3.99. The van der Waals surface area contributed by atoms with E-state index in [4.69, 9.17) is 4.52 Å². The van der Waals surface area contributed by atoms with Crippen molar-refractivity contribution in [2.45, 2.75) is 22.9 Å². The van der Waals surface area contributed by atoms with E-state index >= 15 is 0 Å². The van der Waals surface area contributed by atoms with Gasteiger partial charge < -0.3 is 14.0 Å². The summed E-state index contributed by atoms with van der Waals surface area (Å²) in [5.41, 5.74) is 1.85. The largest absolute Gasteiger partial charge is 0.361 e. The molecule has 2 aromatic carbocycles. The average molecular weight is 479 g/mol. The van der Waals surface area contributed by atoms with E-state index in [9.17, 15) is 14.9 Å². The maximum atomic E-state index is 12.9. The van der Waals surface area contributed by atoms with Gasteiger partial charge in [-0.1, -0.05) is 35.5 Å². The van der Waals surface area contributed by atoms with Crippen LogP contribution in [-0.2, 0) is 13.5 Å². The number of carbonyl (C=O) groups excluding carboxylic acids is 1. The molecule has 4 rings (SSSR count). The van der Waals surface area contributed by atoms with E-state index in [-0.39, 0.29) is 17.2 Å². The summed E-state index contributed by atoms with van der Waals surface area (Å²) in [6, 6.07) is 16.1. The van der Waals surface area contributed by atoms with E-state index in [1.165, 1.54) is 12.4 Å². The van der Waals surface area contributed by atoms with Gasteiger partial charge in [0.25, 0.3) is 11.6 Å². The van der Waals surface area contributed by atoms with Crippen molar-refractivity contribution in [1.29, 1.82) is 0 Å². The smallest absolute Gasteiger partial charge is 0.284 e. The maximum Gasteiger partial charge on any atom is 0.284 e. The van der Waals surface area contributed by atoms with Crippen LogP contribution in [0.4, 0.5) is 5.69 Å². The number of rotatable bonds is 9. The lowest BCUT2D eigenvalue weighted by Gasteiger charge is -2.17. The first-order valence-electron chi connectivity index (χ1n) is 10.5. The van der Waals surface area contributed by atoms with Gasteiger partial charge >= 0.3 is 0 Å². The van der Waals surface area contributed by atoms with Crippen LogP contribution >= 0.6 is 11.8 Å². The van der Waals surface area contributed by atoms with Gasteiger partial charge in [-0.15, -0.1) is 10.2 Å². The molecule has 0 saturated carbocycles. The number of aromatic nitrogens is 4. The van der Waals surface area contributed by atoms with Crippen molar-refractivity contribution in [2.75, 3.05) is 13.6 Å². The zero-order chi connectivity index (χ0) is 24.1. The predicted octanol–water partition coefficient (Wildman–Crippen LogP) is 4.23. The fraction of sp³-hybridized carbons (Fsp3) is 0.217. The maximum absolute atomic E-state index is 12.9. The average Bonchev–Trinajstić information content (AvgIpc) is 3.48. The van der Waals surface area contributed by atoms with Crippen molar-refractivity contribution < 1.29 is 14.2 Å². The number of carbonyl (C=O) groups is 1. The molecule has 0 bridgehead atoms. The van der Waals surface area contributed by atoms with E-state index in [0.29, 0.717) is 29.4 Å². The minimum absolute atomic E-state index is 0.151. The van der Waals surface area contributed by atoms with Gasteiger partial charge in [-0.05, 0) is 30.3 Å². The molecule has 0 unspecified atom stereocenters. The molecule has 0 saturated heterocycles. The summed E-state index contributed by atoms with van der Waals surface area (Å²) in [5, 5.41) is 24.0. The van der Waals surface area contributed by atoms with Crippen molar-refractivity contribution >= 4 is 23.4 Å². The second kappa shape index (κ2) is 10.3. The van der Waals surface area contributed by atoms with Crippen LogP contribution in [0.15, 0.2) is 75.5 Å². The molecule has 0 N–H and O–H groups in total. The Labute approximate surface area is 199 Å². The molecule has 10 nitrogen and oxygen atoms in total. The van der Waals surface area contributed by atoms with Crippen LogP contribution in [0.25, 0.3) is 11.3 Å². The minimum Gasteiger partial charge on any atom is -0.361 e. The Morgan fingerprint density at radius 2 is 2.00 bits per heavy atom. The third-order valence-electron chi connectivity index (χ3n) is 5.17. The molecule has 0 aliphatic carbocycles. The van der Waals surface area contributed by atoms with Crippen molar-refractivity contribution in [2.24, 2.45) is 7.05 Å². The number of aryl methyl sites for hydroxylation is 2. The lowest BCUT2D eigenvalue weighted by Crippen LogP contribution is -2.28. The summed E-state index contributed by atoms with van der Waals surface area (Å²) < 4.78 is 7.08. The molecule has 174 valence electrons. The number of nitrogens with zero attached hydrogens (tertiary/aromatic N) is 6. The lowest BCUT2D eigenvalue weighted by atomic mass is 10.1. The molecule has 0 aliphatic heterocycles. The molecular formula is C23H22N6O4S. The predicted molar refractivity (Wildman–Crippen MR) is 125 cm³/mol. The lowest BCUT2D eigenvalue weighted by molar-refractivity contribution is -0.387. The molecule has 0 atom stereocenters. The van der Waals surface area contributed by atoms with E-state index < -0.39 is 4.92 Å². The molecule has 0 spiro atoms. The van der Waals surface area contributed by atoms with Crippen LogP contribution < -0.4 is 0 Å². The summed E-state index contributed by atoms with van der Waals surface area (Å²) in [6.07, 6.45) is 2.79. The highest BCUT2D eigenvalue weighted by Gasteiger charge is 2.21. The summed E-state index contributed by atoms with van der Waals surface area (Å²) in [5.74, 6) is 0.446. The van der Waals surface area contributed by atoms with Crippen molar-refractivity contribution in [3.8, 4) is 11.3 Å². The molecule has 0 aliphatic rings. The molecule has 34 heavy (non-hydrogen) atoms. The molecule has 2 heterocycles. The fourth-order valence-electron chi connectivity index (χ4n) is 3.33. The minimum atomic E-state index is -0.496. The van der Waals surface area contributed by atoms with E-state index in [1.807, 2.05) is 36.4 Å². The Bertz CT molecular complexity index is 1300. The highest BCUT2D eigenvalue weighted by atomic mass is 32.2. The molecule has 11 heteroatoms. The summed E-state index contributed by atoms with van der Waals surface area (Å²) in [6.45, 7) is 0.462. The first-order valence-corrected chi connectivity index (χ1v) is 11.3. The summed E-state index contributed by atoms with van der Waals surface area (Å²) >= 11 is 1.12. The number of amides is 1. The van der Waals surface area contributed by atoms with Gasteiger partial charge in [0, 0.05) is 50.3 Å². The van der Waals surface area contributed by atoms with E-state index in [0.717, 1.165) is 28.8 Å². The van der Waals surface area contributed by atoms with Crippen molar-refractivity contribution in [1.82, 2.24) is 24.8 Å². The first-order chi connectivity index (χ1) is 16.4. The van der Waals surface area contributed by atoms with E-state index in [2.05, 4.69) is 15.4 Å². The van der Waals surface area contributed by atoms with Gasteiger partial charge in [0.05, 0.1) is 9.82 Å². The summed E-state index contributed by atoms with van der Waals surface area (Å²) in [7, 11) is 3.43. The molecule has 0 radical (unpaired) electrons. The zero-order valence-corrected chi connectivity index (χ0v) is 19.4. The molecule has 4 aromatic rings. The Morgan fingerprint density at radius 3 is 2.71 bits per heavy atom. The fourth-order valence-corrected chi connectivity index (χ4v) is 4.18. The van der Waals surface area contributed by atoms with Gasteiger partial charge in [-0.25, -0.2) is 0 Å². The summed E-state index contributed by atoms with van der Waals surface area (Å²) in [4.78, 5) is 25.9. The van der Waals surface area contributed by atoms with Crippen LogP contribution in [0, 0.1) is 10.1 Å². The number of nitro groups is 1. The SMILES string of the molecule is CN(CCCc1cc(-c2ccccc2)no1)C(=O)c1ccc(Sc2nncn2C)c([N+](=O)[O-])c1. The van der Waals surface area contributed by atoms with Gasteiger partial charge in [0.1, 0.15) is 17.8 Å². The van der Waals surface area contributed by atoms with Crippen molar-refractivity contribution in [3.05, 3.63) is 82.4 Å². The molecule has 0 fully saturated rings. The third kappa shape index (κ3) is 5.31. The van der Waals surface area contributed by atoms with Gasteiger partial charge in [-0.3, -0.25) is 14.9 Å². The van der Waals surface area contributed by atoms with Gasteiger partial charge in [0.2, 0.25) is 0 Å². The first kappa shape index (κ1) is 23.2. The number of nitro benzene ring substituents is 1. The van der Waals surface area contributed by atoms with Crippen molar-refractivity contribution in [3.63, 3.8) is 0 Å². The molecule has 1 amide bonds. The molecule has 2 aromatic heterocycles. The highest BCUT2D eigenvalue weighted by Crippen LogP contribution is 2.34. The Morgan fingerprint density at radius 1 is 1.21 bits per heavy atom. The normalized spacial score (nSPS) is 10.9. The highest BCUT2D eigenvalue weighted by molar-refractivity contribution is 7.99. The Balaban J connectivity index is 1.37. The Kier molecular flexibility index (Phi) is 7.02. The third-order valence-corrected chi connectivity index (χ3v) is 6.28. The quantitative estimate of drug-likeness (QED) is 0.259.